The number of aliphatic hydroxyl groups is 2. The van der Waals surface area contributed by atoms with E-state index in [2.05, 4.69) is 6.92 Å². The maximum absolute atomic E-state index is 10.2. The Morgan fingerprint density at radius 2 is 1.59 bits per heavy atom. The van der Waals surface area contributed by atoms with Crippen LogP contribution < -0.4 is 0 Å². The highest BCUT2D eigenvalue weighted by Crippen LogP contribution is 2.12. The molecule has 0 aromatic heterocycles. The van der Waals surface area contributed by atoms with E-state index in [-0.39, 0.29) is 11.9 Å². The summed E-state index contributed by atoms with van der Waals surface area (Å²) in [6.07, 6.45) is 16.0. The van der Waals surface area contributed by atoms with Crippen molar-refractivity contribution < 1.29 is 20.1 Å². The fourth-order valence-corrected chi connectivity index (χ4v) is 2.09. The topological polar surface area (TPSA) is 77.8 Å². The molecule has 0 fully saturated rings. The molecule has 0 amide bonds. The zero-order valence-electron chi connectivity index (χ0n) is 13.6. The molecule has 0 rings (SSSR count). The van der Waals surface area contributed by atoms with Gasteiger partial charge in [-0.05, 0) is 37.8 Å². The molecule has 0 aromatic carbocycles. The van der Waals surface area contributed by atoms with Crippen LogP contribution in [0.3, 0.4) is 0 Å². The van der Waals surface area contributed by atoms with Crippen LogP contribution in [0.15, 0.2) is 36.1 Å². The first kappa shape index (κ1) is 20.5. The summed E-state index contributed by atoms with van der Waals surface area (Å²) in [7, 11) is 0. The molecule has 0 spiro atoms. The summed E-state index contributed by atoms with van der Waals surface area (Å²) in [5.74, 6) is -0.861. The van der Waals surface area contributed by atoms with Gasteiger partial charge in [0.1, 0.15) is 5.76 Å². The van der Waals surface area contributed by atoms with Gasteiger partial charge in [-0.1, -0.05) is 51.2 Å². The Bertz CT molecular complexity index is 369. The first-order valence-electron chi connectivity index (χ1n) is 8.21. The third-order valence-corrected chi connectivity index (χ3v) is 3.35. The molecular weight excluding hydrogens is 280 g/mol. The standard InChI is InChI=1S/C18H30O4/c1-2-3-6-11-16(19)12-7-4-5-8-13-17(20)14-9-10-15-18(21)22/h9-10,13-16,19-20H,2-8,11-12H2,1H3,(H,21,22). The number of aliphatic carboxylic acids is 1. The van der Waals surface area contributed by atoms with Crippen LogP contribution in [0.4, 0.5) is 0 Å². The maximum Gasteiger partial charge on any atom is 0.328 e. The number of carbonyl (C=O) groups is 1. The zero-order valence-corrected chi connectivity index (χ0v) is 13.6. The summed E-state index contributed by atoms with van der Waals surface area (Å²) < 4.78 is 0. The molecule has 0 heterocycles. The van der Waals surface area contributed by atoms with Gasteiger partial charge in [0.05, 0.1) is 6.10 Å². The molecule has 0 aliphatic heterocycles. The fraction of sp³-hybridized carbons (Fsp3) is 0.611. The van der Waals surface area contributed by atoms with Gasteiger partial charge in [0.15, 0.2) is 0 Å². The van der Waals surface area contributed by atoms with E-state index in [0.717, 1.165) is 51.0 Å². The lowest BCUT2D eigenvalue weighted by molar-refractivity contribution is -0.131. The number of carboxylic acid groups (broad SMARTS) is 1. The zero-order chi connectivity index (χ0) is 16.6. The van der Waals surface area contributed by atoms with E-state index in [1.807, 2.05) is 0 Å². The van der Waals surface area contributed by atoms with E-state index in [4.69, 9.17) is 5.11 Å². The van der Waals surface area contributed by atoms with E-state index in [0.29, 0.717) is 0 Å². The van der Waals surface area contributed by atoms with Gasteiger partial charge in [-0.15, -0.1) is 0 Å². The number of hydrogen-bond acceptors (Lipinski definition) is 3. The van der Waals surface area contributed by atoms with Crippen LogP contribution in [-0.2, 0) is 4.79 Å². The van der Waals surface area contributed by atoms with Crippen LogP contribution in [0, 0.1) is 0 Å². The average Bonchev–Trinajstić information content (AvgIpc) is 2.47. The number of unbranched alkanes of at least 4 members (excludes halogenated alkanes) is 5. The molecule has 0 radical (unpaired) electrons. The van der Waals surface area contributed by atoms with E-state index in [1.54, 1.807) is 6.08 Å². The molecule has 0 saturated heterocycles. The quantitative estimate of drug-likeness (QED) is 0.202. The monoisotopic (exact) mass is 310 g/mol. The highest BCUT2D eigenvalue weighted by molar-refractivity contribution is 5.80. The van der Waals surface area contributed by atoms with Crippen molar-refractivity contribution in [2.75, 3.05) is 0 Å². The molecule has 3 N–H and O–H groups in total. The van der Waals surface area contributed by atoms with E-state index in [1.165, 1.54) is 31.1 Å². The van der Waals surface area contributed by atoms with Gasteiger partial charge in [-0.2, -0.15) is 0 Å². The van der Waals surface area contributed by atoms with Crippen LogP contribution >= 0.6 is 0 Å². The van der Waals surface area contributed by atoms with Gasteiger partial charge in [-0.25, -0.2) is 4.79 Å². The number of hydrogen-bond donors (Lipinski definition) is 3. The molecule has 22 heavy (non-hydrogen) atoms. The average molecular weight is 310 g/mol. The molecule has 4 nitrogen and oxygen atoms in total. The van der Waals surface area contributed by atoms with Gasteiger partial charge < -0.3 is 15.3 Å². The summed E-state index contributed by atoms with van der Waals surface area (Å²) in [4.78, 5) is 10.2. The lowest BCUT2D eigenvalue weighted by Gasteiger charge is -2.09. The van der Waals surface area contributed by atoms with Crippen molar-refractivity contribution >= 4 is 5.97 Å². The van der Waals surface area contributed by atoms with Crippen molar-refractivity contribution in [2.45, 2.75) is 70.8 Å². The van der Waals surface area contributed by atoms with Crippen LogP contribution in [0.5, 0.6) is 0 Å². The normalized spacial score (nSPS) is 14.0. The smallest absolute Gasteiger partial charge is 0.328 e. The maximum atomic E-state index is 10.2. The number of aliphatic hydroxyl groups excluding tert-OH is 2. The molecule has 1 atom stereocenters. The molecule has 1 unspecified atom stereocenters. The minimum atomic E-state index is -1.01. The van der Waals surface area contributed by atoms with Crippen molar-refractivity contribution in [3.63, 3.8) is 0 Å². The molecule has 0 saturated carbocycles. The second kappa shape index (κ2) is 14.4. The lowest BCUT2D eigenvalue weighted by Crippen LogP contribution is -2.05. The molecule has 0 aliphatic rings. The third kappa shape index (κ3) is 14.9. The van der Waals surface area contributed by atoms with E-state index >= 15 is 0 Å². The Hall–Kier alpha value is -1.55. The predicted octanol–water partition coefficient (Wildman–Crippen LogP) is 4.52. The summed E-state index contributed by atoms with van der Waals surface area (Å²) >= 11 is 0. The number of rotatable bonds is 13. The first-order chi connectivity index (χ1) is 10.6. The largest absolute Gasteiger partial charge is 0.508 e. The van der Waals surface area contributed by atoms with Crippen molar-refractivity contribution in [1.82, 2.24) is 0 Å². The Morgan fingerprint density at radius 3 is 2.23 bits per heavy atom. The summed E-state index contributed by atoms with van der Waals surface area (Å²) in [5.41, 5.74) is 0. The van der Waals surface area contributed by atoms with E-state index in [9.17, 15) is 15.0 Å². The van der Waals surface area contributed by atoms with Crippen molar-refractivity contribution in [3.8, 4) is 0 Å². The van der Waals surface area contributed by atoms with Crippen LogP contribution in [0.25, 0.3) is 0 Å². The fourth-order valence-electron chi connectivity index (χ4n) is 2.09. The first-order valence-corrected chi connectivity index (χ1v) is 8.21. The van der Waals surface area contributed by atoms with Crippen LogP contribution in [-0.4, -0.2) is 27.4 Å². The number of carboxylic acids is 1. The predicted molar refractivity (Wildman–Crippen MR) is 89.9 cm³/mol. The Balaban J connectivity index is 3.62. The molecular formula is C18H30O4. The van der Waals surface area contributed by atoms with Crippen molar-refractivity contribution in [1.29, 1.82) is 0 Å². The summed E-state index contributed by atoms with van der Waals surface area (Å²) in [6.45, 7) is 2.16. The number of allylic oxidation sites excluding steroid dienone is 4. The SMILES string of the molecule is CCCCCC(O)CCCCCC=C(O)C=CC=CC(=O)O. The van der Waals surface area contributed by atoms with Gasteiger partial charge in [0, 0.05) is 6.08 Å². The highest BCUT2D eigenvalue weighted by Gasteiger charge is 2.02. The van der Waals surface area contributed by atoms with Gasteiger partial charge >= 0.3 is 5.97 Å². The third-order valence-electron chi connectivity index (χ3n) is 3.35. The van der Waals surface area contributed by atoms with E-state index < -0.39 is 5.97 Å². The Kier molecular flexibility index (Phi) is 13.4. The minimum absolute atomic E-state index is 0.148. The second-order valence-electron chi connectivity index (χ2n) is 5.47. The minimum Gasteiger partial charge on any atom is -0.508 e. The Morgan fingerprint density at radius 1 is 0.955 bits per heavy atom. The molecule has 0 bridgehead atoms. The molecule has 0 aliphatic carbocycles. The van der Waals surface area contributed by atoms with Gasteiger partial charge in [-0.3, -0.25) is 0 Å². The van der Waals surface area contributed by atoms with Gasteiger partial charge in [0.25, 0.3) is 0 Å². The second-order valence-corrected chi connectivity index (χ2v) is 5.47. The highest BCUT2D eigenvalue weighted by atomic mass is 16.4. The molecule has 4 heteroatoms. The lowest BCUT2D eigenvalue weighted by atomic mass is 10.0. The Labute approximate surface area is 133 Å². The van der Waals surface area contributed by atoms with Gasteiger partial charge in [0.2, 0.25) is 0 Å². The summed E-state index contributed by atoms with van der Waals surface area (Å²) in [5, 5.41) is 27.7. The van der Waals surface area contributed by atoms with Crippen LogP contribution in [0.1, 0.15) is 64.7 Å². The summed E-state index contributed by atoms with van der Waals surface area (Å²) in [6, 6.07) is 0. The van der Waals surface area contributed by atoms with Crippen molar-refractivity contribution in [3.05, 3.63) is 36.1 Å². The van der Waals surface area contributed by atoms with Crippen molar-refractivity contribution in [2.24, 2.45) is 0 Å². The molecule has 126 valence electrons. The van der Waals surface area contributed by atoms with Crippen LogP contribution in [0.2, 0.25) is 0 Å². The molecule has 0 aromatic rings.